The average molecular weight is 337 g/mol. The van der Waals surface area contributed by atoms with Crippen LogP contribution in [0.4, 0.5) is 0 Å². The predicted molar refractivity (Wildman–Crippen MR) is 96.4 cm³/mol. The minimum atomic E-state index is -0.909. The lowest BCUT2D eigenvalue weighted by molar-refractivity contribution is -0.0975. The minimum absolute atomic E-state index is 0.114. The van der Waals surface area contributed by atoms with Crippen molar-refractivity contribution < 1.29 is 9.63 Å². The van der Waals surface area contributed by atoms with Gasteiger partial charge in [-0.1, -0.05) is 30.5 Å². The van der Waals surface area contributed by atoms with Crippen LogP contribution in [0.1, 0.15) is 63.7 Å². The Balaban J connectivity index is 1.53. The molecular weight excluding hydrogens is 310 g/mol. The van der Waals surface area contributed by atoms with Gasteiger partial charge in [0, 0.05) is 11.0 Å². The van der Waals surface area contributed by atoms with Gasteiger partial charge in [-0.3, -0.25) is 0 Å². The first-order chi connectivity index (χ1) is 11.9. The van der Waals surface area contributed by atoms with Gasteiger partial charge in [-0.2, -0.15) is 0 Å². The van der Waals surface area contributed by atoms with Gasteiger partial charge < -0.3 is 9.63 Å². The highest BCUT2D eigenvalue weighted by molar-refractivity contribution is 5.57. The fourth-order valence-corrected chi connectivity index (χ4v) is 7.14. The van der Waals surface area contributed by atoms with Crippen LogP contribution in [0.3, 0.4) is 0 Å². The van der Waals surface area contributed by atoms with Crippen LogP contribution in [0.25, 0.3) is 6.08 Å². The van der Waals surface area contributed by atoms with E-state index in [4.69, 9.17) is 10.9 Å². The van der Waals surface area contributed by atoms with Crippen LogP contribution in [0.15, 0.2) is 16.3 Å². The van der Waals surface area contributed by atoms with Crippen molar-refractivity contribution in [1.29, 1.82) is 0 Å². The monoisotopic (exact) mass is 337 g/mol. The Labute approximate surface area is 149 Å². The number of rotatable bonds is 0. The molecule has 25 heavy (non-hydrogen) atoms. The summed E-state index contributed by atoms with van der Waals surface area (Å²) in [5.74, 6) is 5.64. The van der Waals surface area contributed by atoms with E-state index in [0.717, 1.165) is 44.3 Å². The molecule has 3 fully saturated rings. The topological polar surface area (TPSA) is 46.3 Å². The first kappa shape index (κ1) is 15.7. The summed E-state index contributed by atoms with van der Waals surface area (Å²) in [5, 5.41) is 15.1. The Kier molecular flexibility index (Phi) is 3.01. The Morgan fingerprint density at radius 3 is 2.84 bits per heavy atom. The molecule has 4 aliphatic rings. The molecule has 0 spiro atoms. The molecule has 0 radical (unpaired) electrons. The quantitative estimate of drug-likeness (QED) is 0.721. The zero-order valence-corrected chi connectivity index (χ0v) is 15.2. The van der Waals surface area contributed by atoms with E-state index in [0.29, 0.717) is 17.8 Å². The first-order valence-electron chi connectivity index (χ1n) is 9.76. The molecule has 132 valence electrons. The van der Waals surface area contributed by atoms with Gasteiger partial charge in [0.05, 0.1) is 6.20 Å². The first-order valence-corrected chi connectivity index (χ1v) is 9.76. The van der Waals surface area contributed by atoms with Crippen LogP contribution < -0.4 is 0 Å². The van der Waals surface area contributed by atoms with Crippen molar-refractivity contribution in [3.63, 3.8) is 0 Å². The molecule has 6 atom stereocenters. The van der Waals surface area contributed by atoms with Gasteiger partial charge in [0.1, 0.15) is 5.60 Å². The third-order valence-corrected chi connectivity index (χ3v) is 8.67. The summed E-state index contributed by atoms with van der Waals surface area (Å²) >= 11 is 0. The third-order valence-electron chi connectivity index (χ3n) is 8.67. The van der Waals surface area contributed by atoms with Crippen molar-refractivity contribution in [2.24, 2.45) is 28.6 Å². The molecule has 3 heteroatoms. The smallest absolute Gasteiger partial charge is 0.162 e. The largest absolute Gasteiger partial charge is 0.377 e. The lowest BCUT2D eigenvalue weighted by Crippen LogP contribution is -2.54. The van der Waals surface area contributed by atoms with Crippen molar-refractivity contribution in [3.05, 3.63) is 23.1 Å². The number of fused-ring (bicyclic) bond motifs is 6. The van der Waals surface area contributed by atoms with E-state index in [1.54, 1.807) is 5.57 Å². The van der Waals surface area contributed by atoms with Gasteiger partial charge in [-0.05, 0) is 74.2 Å². The number of hydrogen-bond acceptors (Lipinski definition) is 3. The zero-order valence-electron chi connectivity index (χ0n) is 15.2. The van der Waals surface area contributed by atoms with E-state index < -0.39 is 5.60 Å². The molecule has 0 saturated heterocycles. The molecule has 0 amide bonds. The highest BCUT2D eigenvalue weighted by Crippen LogP contribution is 2.67. The fourth-order valence-electron chi connectivity index (χ4n) is 7.14. The summed E-state index contributed by atoms with van der Waals surface area (Å²) in [6.07, 6.45) is 17.4. The number of terminal acetylenes is 1. The maximum Gasteiger partial charge on any atom is 0.162 e. The second-order valence-corrected chi connectivity index (χ2v) is 9.39. The molecule has 4 aliphatic carbocycles. The van der Waals surface area contributed by atoms with Gasteiger partial charge in [-0.15, -0.1) is 6.42 Å². The third kappa shape index (κ3) is 1.79. The van der Waals surface area contributed by atoms with Crippen molar-refractivity contribution in [1.82, 2.24) is 5.16 Å². The molecule has 3 nitrogen and oxygen atoms in total. The molecule has 3 saturated carbocycles. The Bertz CT molecular complexity index is 801. The van der Waals surface area contributed by atoms with E-state index in [9.17, 15) is 5.11 Å². The number of allylic oxidation sites excluding steroid dienone is 1. The second kappa shape index (κ2) is 4.80. The van der Waals surface area contributed by atoms with Crippen molar-refractivity contribution >= 4 is 6.08 Å². The van der Waals surface area contributed by atoms with Crippen LogP contribution in [0, 0.1) is 40.9 Å². The van der Waals surface area contributed by atoms with Crippen molar-refractivity contribution in [3.8, 4) is 12.3 Å². The number of hydrogen-bond donors (Lipinski definition) is 1. The van der Waals surface area contributed by atoms with Crippen molar-refractivity contribution in [2.45, 2.75) is 64.4 Å². The Morgan fingerprint density at radius 1 is 1.24 bits per heavy atom. The molecule has 1 aromatic rings. The standard InChI is InChI=1S/C22H27NO2/c1-4-22(24)10-8-18-16-6-5-15-11-19-14(13-23-25-19)12-20(15,2)17(16)7-9-21(18,22)3/h1,11,13,16-18,24H,5-10,12H2,2-3H3/t16-,17-,18+,20+,21+,22+/m1/s1. The van der Waals surface area contributed by atoms with Crippen LogP contribution in [0.5, 0.6) is 0 Å². The molecule has 0 aromatic carbocycles. The Hall–Kier alpha value is -1.53. The van der Waals surface area contributed by atoms with Gasteiger partial charge in [0.2, 0.25) is 0 Å². The van der Waals surface area contributed by atoms with Crippen LogP contribution in [0.2, 0.25) is 0 Å². The van der Waals surface area contributed by atoms with Crippen LogP contribution in [-0.4, -0.2) is 15.9 Å². The van der Waals surface area contributed by atoms with Crippen LogP contribution >= 0.6 is 0 Å². The van der Waals surface area contributed by atoms with Gasteiger partial charge >= 0.3 is 0 Å². The van der Waals surface area contributed by atoms with Gasteiger partial charge in [0.15, 0.2) is 5.76 Å². The molecule has 5 rings (SSSR count). The SMILES string of the molecule is C#C[C@]1(O)CC[C@H]2[C@@H]3CCC4=Cc5oncc5C[C@]4(C)[C@@H]3CC[C@@]21C. The van der Waals surface area contributed by atoms with Gasteiger partial charge in [0.25, 0.3) is 0 Å². The van der Waals surface area contributed by atoms with Gasteiger partial charge in [-0.25, -0.2) is 0 Å². The van der Waals surface area contributed by atoms with E-state index in [1.165, 1.54) is 12.0 Å². The molecule has 1 aromatic heterocycles. The molecule has 1 N–H and O–H groups in total. The van der Waals surface area contributed by atoms with E-state index in [-0.39, 0.29) is 10.8 Å². The summed E-state index contributed by atoms with van der Waals surface area (Å²) < 4.78 is 5.43. The minimum Gasteiger partial charge on any atom is -0.377 e. The van der Waals surface area contributed by atoms with E-state index in [2.05, 4.69) is 31.0 Å². The zero-order chi connectivity index (χ0) is 17.4. The summed E-state index contributed by atoms with van der Waals surface area (Å²) in [4.78, 5) is 0. The van der Waals surface area contributed by atoms with Crippen LogP contribution in [-0.2, 0) is 6.42 Å². The average Bonchev–Trinajstić information content (AvgIpc) is 3.14. The molecule has 0 aliphatic heterocycles. The van der Waals surface area contributed by atoms with E-state index >= 15 is 0 Å². The summed E-state index contributed by atoms with van der Waals surface area (Å²) in [7, 11) is 0. The molecular formula is C22H27NO2. The summed E-state index contributed by atoms with van der Waals surface area (Å²) in [6.45, 7) is 4.71. The second-order valence-electron chi connectivity index (χ2n) is 9.39. The number of nitrogens with zero attached hydrogens (tertiary/aromatic N) is 1. The maximum atomic E-state index is 11.1. The predicted octanol–water partition coefficient (Wildman–Crippen LogP) is 4.22. The van der Waals surface area contributed by atoms with E-state index in [1.807, 2.05) is 6.20 Å². The molecule has 0 unspecified atom stereocenters. The lowest BCUT2D eigenvalue weighted by Gasteiger charge is -2.58. The highest BCUT2D eigenvalue weighted by atomic mass is 16.5. The highest BCUT2D eigenvalue weighted by Gasteiger charge is 2.63. The Morgan fingerprint density at radius 2 is 2.04 bits per heavy atom. The molecule has 0 bridgehead atoms. The number of aromatic nitrogens is 1. The lowest BCUT2D eigenvalue weighted by atomic mass is 9.46. The maximum absolute atomic E-state index is 11.1. The normalized spacial score (nSPS) is 47.8. The number of aliphatic hydroxyl groups is 1. The summed E-state index contributed by atoms with van der Waals surface area (Å²) in [5.41, 5.74) is 1.99. The molecule has 1 heterocycles. The van der Waals surface area contributed by atoms with Crippen molar-refractivity contribution in [2.75, 3.05) is 0 Å². The fraction of sp³-hybridized carbons (Fsp3) is 0.682. The summed E-state index contributed by atoms with van der Waals surface area (Å²) in [6, 6.07) is 0.